The summed E-state index contributed by atoms with van der Waals surface area (Å²) in [6.07, 6.45) is 0. The van der Waals surface area contributed by atoms with E-state index in [-0.39, 0.29) is 18.6 Å². The first-order valence-electron chi connectivity index (χ1n) is 5.95. The van der Waals surface area contributed by atoms with Crippen LogP contribution in [0, 0.1) is 0 Å². The summed E-state index contributed by atoms with van der Waals surface area (Å²) in [5, 5.41) is 9.02. The molecule has 94 valence electrons. The maximum absolute atomic E-state index is 12.0. The standard InChI is InChI=1S/C14H21NO2/c1-10(2)12-5-7-13(8-6-12)14(17)15(4)11(3)9-16/h5-8,10-11,16H,9H2,1-4H3. The van der Waals surface area contributed by atoms with Crippen molar-refractivity contribution in [3.05, 3.63) is 35.4 Å². The predicted octanol–water partition coefficient (Wildman–Crippen LogP) is 2.26. The minimum Gasteiger partial charge on any atom is -0.394 e. The summed E-state index contributed by atoms with van der Waals surface area (Å²) < 4.78 is 0. The Hall–Kier alpha value is -1.35. The van der Waals surface area contributed by atoms with Crippen molar-refractivity contribution in [3.8, 4) is 0 Å². The van der Waals surface area contributed by atoms with Crippen LogP contribution >= 0.6 is 0 Å². The third-order valence-electron chi connectivity index (χ3n) is 3.07. The quantitative estimate of drug-likeness (QED) is 0.869. The molecule has 0 aliphatic rings. The maximum atomic E-state index is 12.0. The number of nitrogens with zero attached hydrogens (tertiary/aromatic N) is 1. The van der Waals surface area contributed by atoms with Crippen molar-refractivity contribution in [1.29, 1.82) is 0 Å². The normalized spacial score (nSPS) is 12.6. The molecule has 0 aliphatic carbocycles. The molecule has 17 heavy (non-hydrogen) atoms. The molecule has 1 unspecified atom stereocenters. The van der Waals surface area contributed by atoms with E-state index in [0.29, 0.717) is 11.5 Å². The molecular formula is C14H21NO2. The second kappa shape index (κ2) is 5.82. The molecule has 0 fully saturated rings. The molecule has 3 nitrogen and oxygen atoms in total. The maximum Gasteiger partial charge on any atom is 0.253 e. The number of amides is 1. The van der Waals surface area contributed by atoms with Gasteiger partial charge in [-0.1, -0.05) is 26.0 Å². The minimum atomic E-state index is -0.160. The molecule has 0 saturated carbocycles. The SMILES string of the molecule is CC(C)c1ccc(C(=O)N(C)C(C)CO)cc1. The van der Waals surface area contributed by atoms with E-state index < -0.39 is 0 Å². The summed E-state index contributed by atoms with van der Waals surface area (Å²) >= 11 is 0. The lowest BCUT2D eigenvalue weighted by Gasteiger charge is -2.23. The van der Waals surface area contributed by atoms with Crippen LogP contribution in [0.2, 0.25) is 0 Å². The molecule has 0 bridgehead atoms. The van der Waals surface area contributed by atoms with Gasteiger partial charge < -0.3 is 10.0 Å². The summed E-state index contributed by atoms with van der Waals surface area (Å²) in [5.74, 6) is 0.412. The van der Waals surface area contributed by atoms with Crippen molar-refractivity contribution in [2.45, 2.75) is 32.7 Å². The van der Waals surface area contributed by atoms with Gasteiger partial charge in [0.05, 0.1) is 12.6 Å². The average Bonchev–Trinajstić information content (AvgIpc) is 2.36. The van der Waals surface area contributed by atoms with Crippen LogP contribution in [0.4, 0.5) is 0 Å². The van der Waals surface area contributed by atoms with Gasteiger partial charge in [0.25, 0.3) is 5.91 Å². The largest absolute Gasteiger partial charge is 0.394 e. The van der Waals surface area contributed by atoms with E-state index in [1.165, 1.54) is 5.56 Å². The van der Waals surface area contributed by atoms with E-state index in [2.05, 4.69) is 13.8 Å². The second-order valence-corrected chi connectivity index (χ2v) is 4.72. The summed E-state index contributed by atoms with van der Waals surface area (Å²) in [5.41, 5.74) is 1.89. The molecule has 0 radical (unpaired) electrons. The molecule has 1 rings (SSSR count). The zero-order valence-corrected chi connectivity index (χ0v) is 11.0. The number of hydrogen-bond donors (Lipinski definition) is 1. The first-order chi connectivity index (χ1) is 7.97. The fourth-order valence-corrected chi connectivity index (χ4v) is 1.54. The summed E-state index contributed by atoms with van der Waals surface area (Å²) in [6.45, 7) is 6.04. The fourth-order valence-electron chi connectivity index (χ4n) is 1.54. The number of hydrogen-bond acceptors (Lipinski definition) is 2. The lowest BCUT2D eigenvalue weighted by atomic mass is 10.0. The lowest BCUT2D eigenvalue weighted by molar-refractivity contribution is 0.0682. The summed E-state index contributed by atoms with van der Waals surface area (Å²) in [4.78, 5) is 13.6. The van der Waals surface area contributed by atoms with Gasteiger partial charge in [-0.2, -0.15) is 0 Å². The monoisotopic (exact) mass is 235 g/mol. The highest BCUT2D eigenvalue weighted by atomic mass is 16.3. The van der Waals surface area contributed by atoms with E-state index in [1.807, 2.05) is 31.2 Å². The molecular weight excluding hydrogens is 214 g/mol. The van der Waals surface area contributed by atoms with Gasteiger partial charge in [0, 0.05) is 12.6 Å². The van der Waals surface area contributed by atoms with Gasteiger partial charge in [-0.15, -0.1) is 0 Å². The molecule has 3 heteroatoms. The van der Waals surface area contributed by atoms with Crippen molar-refractivity contribution >= 4 is 5.91 Å². The number of rotatable bonds is 4. The van der Waals surface area contributed by atoms with E-state index in [9.17, 15) is 4.79 Å². The molecule has 0 aromatic heterocycles. The second-order valence-electron chi connectivity index (χ2n) is 4.72. The van der Waals surface area contributed by atoms with Crippen molar-refractivity contribution in [2.24, 2.45) is 0 Å². The number of aliphatic hydroxyl groups is 1. The van der Waals surface area contributed by atoms with Crippen LogP contribution < -0.4 is 0 Å². The number of carbonyl (C=O) groups excluding carboxylic acids is 1. The predicted molar refractivity (Wildman–Crippen MR) is 69.2 cm³/mol. The van der Waals surface area contributed by atoms with Gasteiger partial charge in [0.2, 0.25) is 0 Å². The van der Waals surface area contributed by atoms with Crippen LogP contribution in [0.25, 0.3) is 0 Å². The van der Waals surface area contributed by atoms with Crippen LogP contribution in [0.15, 0.2) is 24.3 Å². The Kier molecular flexibility index (Phi) is 4.70. The lowest BCUT2D eigenvalue weighted by Crippen LogP contribution is -2.37. The van der Waals surface area contributed by atoms with E-state index in [1.54, 1.807) is 11.9 Å². The van der Waals surface area contributed by atoms with Crippen LogP contribution in [-0.4, -0.2) is 35.6 Å². The Morgan fingerprint density at radius 2 is 1.76 bits per heavy atom. The first kappa shape index (κ1) is 13.7. The molecule has 1 aromatic rings. The summed E-state index contributed by atoms with van der Waals surface area (Å²) in [7, 11) is 1.71. The number of carbonyl (C=O) groups is 1. The van der Waals surface area contributed by atoms with E-state index in [4.69, 9.17) is 5.11 Å². The Morgan fingerprint density at radius 3 is 2.18 bits per heavy atom. The van der Waals surface area contributed by atoms with Crippen LogP contribution in [0.1, 0.15) is 42.6 Å². The van der Waals surface area contributed by atoms with Gasteiger partial charge in [0.15, 0.2) is 0 Å². The van der Waals surface area contributed by atoms with Gasteiger partial charge in [-0.3, -0.25) is 4.79 Å². The van der Waals surface area contributed by atoms with E-state index >= 15 is 0 Å². The molecule has 1 amide bonds. The smallest absolute Gasteiger partial charge is 0.253 e. The zero-order valence-electron chi connectivity index (χ0n) is 11.0. The van der Waals surface area contributed by atoms with Gasteiger partial charge >= 0.3 is 0 Å². The van der Waals surface area contributed by atoms with Crippen molar-refractivity contribution in [1.82, 2.24) is 4.90 Å². The highest BCUT2D eigenvalue weighted by Gasteiger charge is 2.16. The third-order valence-corrected chi connectivity index (χ3v) is 3.07. The Bertz CT molecular complexity index is 370. The molecule has 1 N–H and O–H groups in total. The highest BCUT2D eigenvalue weighted by molar-refractivity contribution is 5.94. The Balaban J connectivity index is 2.83. The topological polar surface area (TPSA) is 40.5 Å². The molecule has 0 heterocycles. The van der Waals surface area contributed by atoms with E-state index in [0.717, 1.165) is 0 Å². The fraction of sp³-hybridized carbons (Fsp3) is 0.500. The summed E-state index contributed by atoms with van der Waals surface area (Å²) in [6, 6.07) is 7.49. The molecule has 0 spiro atoms. The molecule has 1 aromatic carbocycles. The molecule has 0 aliphatic heterocycles. The number of likely N-dealkylation sites (N-methyl/N-ethyl adjacent to an activating group) is 1. The number of benzene rings is 1. The van der Waals surface area contributed by atoms with Crippen LogP contribution in [-0.2, 0) is 0 Å². The van der Waals surface area contributed by atoms with Crippen LogP contribution in [0.3, 0.4) is 0 Å². The Labute approximate surface area is 103 Å². The third kappa shape index (κ3) is 3.30. The highest BCUT2D eigenvalue weighted by Crippen LogP contribution is 2.15. The van der Waals surface area contributed by atoms with Crippen LogP contribution in [0.5, 0.6) is 0 Å². The van der Waals surface area contributed by atoms with Crippen molar-refractivity contribution < 1.29 is 9.90 Å². The van der Waals surface area contributed by atoms with Gasteiger partial charge in [-0.25, -0.2) is 0 Å². The average molecular weight is 235 g/mol. The van der Waals surface area contributed by atoms with Crippen molar-refractivity contribution in [3.63, 3.8) is 0 Å². The minimum absolute atomic E-state index is 0.0215. The van der Waals surface area contributed by atoms with Gasteiger partial charge in [-0.05, 0) is 30.5 Å². The van der Waals surface area contributed by atoms with Gasteiger partial charge in [0.1, 0.15) is 0 Å². The first-order valence-corrected chi connectivity index (χ1v) is 5.95. The molecule has 1 atom stereocenters. The number of aliphatic hydroxyl groups excluding tert-OH is 1. The molecule has 0 saturated heterocycles. The zero-order chi connectivity index (χ0) is 13.0. The van der Waals surface area contributed by atoms with Crippen molar-refractivity contribution in [2.75, 3.05) is 13.7 Å². The Morgan fingerprint density at radius 1 is 1.24 bits per heavy atom.